The number of hydrogen-bond donors (Lipinski definition) is 0. The van der Waals surface area contributed by atoms with Crippen molar-refractivity contribution in [3.05, 3.63) is 28.5 Å². The van der Waals surface area contributed by atoms with E-state index in [4.69, 9.17) is 11.6 Å². The van der Waals surface area contributed by atoms with Gasteiger partial charge in [0.2, 0.25) is 0 Å². The van der Waals surface area contributed by atoms with Crippen LogP contribution in [0.5, 0.6) is 0 Å². The highest BCUT2D eigenvalue weighted by molar-refractivity contribution is 6.29. The maximum absolute atomic E-state index is 12.7. The minimum Gasteiger partial charge on any atom is -0.336 e. The quantitative estimate of drug-likeness (QED) is 0.787. The third-order valence-electron chi connectivity index (χ3n) is 3.91. The van der Waals surface area contributed by atoms with E-state index in [0.29, 0.717) is 16.8 Å². The minimum atomic E-state index is 0.0982. The van der Waals surface area contributed by atoms with Gasteiger partial charge in [-0.2, -0.15) is 0 Å². The largest absolute Gasteiger partial charge is 0.336 e. The summed E-state index contributed by atoms with van der Waals surface area (Å²) < 4.78 is 0. The summed E-state index contributed by atoms with van der Waals surface area (Å²) in [5.74, 6) is 0.0982. The molecule has 0 bridgehead atoms. The average molecular weight is 295 g/mol. The molecule has 20 heavy (non-hydrogen) atoms. The second kappa shape index (κ2) is 7.07. The van der Waals surface area contributed by atoms with Crippen molar-refractivity contribution in [3.8, 4) is 0 Å². The number of hydrogen-bond acceptors (Lipinski definition) is 2. The summed E-state index contributed by atoms with van der Waals surface area (Å²) in [7, 11) is 0. The first-order valence-electron chi connectivity index (χ1n) is 7.59. The van der Waals surface area contributed by atoms with Crippen LogP contribution in [0.1, 0.15) is 62.0 Å². The van der Waals surface area contributed by atoms with Crippen molar-refractivity contribution in [2.24, 2.45) is 0 Å². The molecule has 1 unspecified atom stereocenters. The van der Waals surface area contributed by atoms with Crippen molar-refractivity contribution in [1.29, 1.82) is 0 Å². The van der Waals surface area contributed by atoms with Crippen molar-refractivity contribution < 1.29 is 4.79 Å². The predicted molar refractivity (Wildman–Crippen MR) is 82.2 cm³/mol. The van der Waals surface area contributed by atoms with E-state index in [1.807, 2.05) is 11.0 Å². The Bertz CT molecular complexity index is 476. The van der Waals surface area contributed by atoms with Gasteiger partial charge in [-0.15, -0.1) is 0 Å². The van der Waals surface area contributed by atoms with Gasteiger partial charge in [-0.1, -0.05) is 37.8 Å². The van der Waals surface area contributed by atoms with Gasteiger partial charge in [-0.05, 0) is 38.3 Å². The lowest BCUT2D eigenvalue weighted by Gasteiger charge is -2.27. The summed E-state index contributed by atoms with van der Waals surface area (Å²) in [5, 5.41) is 0.418. The zero-order valence-corrected chi connectivity index (χ0v) is 13.1. The van der Waals surface area contributed by atoms with Crippen molar-refractivity contribution >= 4 is 17.5 Å². The first kappa shape index (κ1) is 15.3. The summed E-state index contributed by atoms with van der Waals surface area (Å²) in [6, 6.07) is 3.90. The fourth-order valence-corrected chi connectivity index (χ4v) is 3.03. The lowest BCUT2D eigenvalue weighted by Crippen LogP contribution is -2.38. The molecule has 110 valence electrons. The molecular weight excluding hydrogens is 272 g/mol. The molecule has 2 rings (SSSR count). The molecule has 0 N–H and O–H groups in total. The molecule has 0 spiro atoms. The van der Waals surface area contributed by atoms with Crippen LogP contribution in [0.3, 0.4) is 0 Å². The first-order valence-corrected chi connectivity index (χ1v) is 7.97. The maximum Gasteiger partial charge on any atom is 0.254 e. The van der Waals surface area contributed by atoms with E-state index < -0.39 is 0 Å². The molecule has 0 radical (unpaired) electrons. The Morgan fingerprint density at radius 3 is 2.95 bits per heavy atom. The Morgan fingerprint density at radius 2 is 2.20 bits per heavy atom. The fourth-order valence-electron chi connectivity index (χ4n) is 2.80. The number of nitrogens with zero attached hydrogens (tertiary/aromatic N) is 2. The Labute approximate surface area is 126 Å². The van der Waals surface area contributed by atoms with Crippen LogP contribution >= 0.6 is 11.6 Å². The highest BCUT2D eigenvalue weighted by Crippen LogP contribution is 2.21. The lowest BCUT2D eigenvalue weighted by molar-refractivity contribution is 0.0697. The summed E-state index contributed by atoms with van der Waals surface area (Å²) in [6.07, 6.45) is 6.47. The topological polar surface area (TPSA) is 33.2 Å². The highest BCUT2D eigenvalue weighted by Gasteiger charge is 2.23. The van der Waals surface area contributed by atoms with E-state index >= 15 is 0 Å². The van der Waals surface area contributed by atoms with E-state index in [-0.39, 0.29) is 5.91 Å². The predicted octanol–water partition coefficient (Wildman–Crippen LogP) is 4.09. The smallest absolute Gasteiger partial charge is 0.254 e. The second-order valence-electron chi connectivity index (χ2n) is 5.62. The molecule has 1 aliphatic heterocycles. The van der Waals surface area contributed by atoms with Gasteiger partial charge in [0.15, 0.2) is 0 Å². The summed E-state index contributed by atoms with van der Waals surface area (Å²) >= 11 is 6.06. The Balaban J connectivity index is 2.22. The zero-order valence-electron chi connectivity index (χ0n) is 12.4. The van der Waals surface area contributed by atoms with Gasteiger partial charge in [-0.25, -0.2) is 4.98 Å². The van der Waals surface area contributed by atoms with Crippen LogP contribution in [0.15, 0.2) is 12.1 Å². The molecule has 1 aliphatic rings. The Hall–Kier alpha value is -1.09. The summed E-state index contributed by atoms with van der Waals surface area (Å²) in [5.41, 5.74) is 1.59. The van der Waals surface area contributed by atoms with Crippen LogP contribution in [0, 0.1) is 0 Å². The number of aromatic nitrogens is 1. The molecule has 4 heteroatoms. The molecule has 1 saturated heterocycles. The van der Waals surface area contributed by atoms with E-state index in [1.165, 1.54) is 12.8 Å². The fraction of sp³-hybridized carbons (Fsp3) is 0.625. The van der Waals surface area contributed by atoms with Crippen LogP contribution in [-0.4, -0.2) is 28.4 Å². The van der Waals surface area contributed by atoms with Crippen LogP contribution in [0.25, 0.3) is 0 Å². The minimum absolute atomic E-state index is 0.0982. The number of likely N-dealkylation sites (tertiary alicyclic amines) is 1. The highest BCUT2D eigenvalue weighted by atomic mass is 35.5. The SMILES string of the molecule is CCCc1cc(C(=O)N2CCCCCC2C)cc(Cl)n1. The lowest BCUT2D eigenvalue weighted by atomic mass is 10.1. The first-order chi connectivity index (χ1) is 9.61. The van der Waals surface area contributed by atoms with Crippen LogP contribution in [0.2, 0.25) is 5.15 Å². The number of carbonyl (C=O) groups excluding carboxylic acids is 1. The number of rotatable bonds is 3. The molecule has 3 nitrogen and oxygen atoms in total. The number of amides is 1. The molecule has 1 amide bonds. The standard InChI is InChI=1S/C16H23ClN2O/c1-3-7-14-10-13(11-15(17)18-14)16(20)19-9-6-4-5-8-12(19)2/h10-12H,3-9H2,1-2H3. The molecule has 0 aliphatic carbocycles. The summed E-state index contributed by atoms with van der Waals surface area (Å²) in [4.78, 5) is 19.0. The monoisotopic (exact) mass is 294 g/mol. The number of pyridine rings is 1. The zero-order chi connectivity index (χ0) is 14.5. The van der Waals surface area contributed by atoms with Crippen LogP contribution < -0.4 is 0 Å². The van der Waals surface area contributed by atoms with Crippen molar-refractivity contribution in [2.75, 3.05) is 6.54 Å². The number of aryl methyl sites for hydroxylation is 1. The average Bonchev–Trinajstić information content (AvgIpc) is 2.62. The second-order valence-corrected chi connectivity index (χ2v) is 6.00. The third-order valence-corrected chi connectivity index (χ3v) is 4.11. The molecule has 1 aromatic rings. The molecule has 1 atom stereocenters. The normalized spacial score (nSPS) is 19.8. The van der Waals surface area contributed by atoms with Gasteiger partial charge >= 0.3 is 0 Å². The molecule has 0 saturated carbocycles. The third kappa shape index (κ3) is 3.72. The van der Waals surface area contributed by atoms with Gasteiger partial charge in [-0.3, -0.25) is 4.79 Å². The molecule has 1 aromatic heterocycles. The number of carbonyl (C=O) groups is 1. The van der Waals surface area contributed by atoms with E-state index in [9.17, 15) is 4.79 Å². The van der Waals surface area contributed by atoms with Crippen molar-refractivity contribution in [2.45, 2.75) is 58.4 Å². The van der Waals surface area contributed by atoms with Crippen molar-refractivity contribution in [1.82, 2.24) is 9.88 Å². The molecule has 0 aromatic carbocycles. The van der Waals surface area contributed by atoms with E-state index in [1.54, 1.807) is 6.07 Å². The van der Waals surface area contributed by atoms with Gasteiger partial charge in [0.25, 0.3) is 5.91 Å². The van der Waals surface area contributed by atoms with Crippen LogP contribution in [-0.2, 0) is 6.42 Å². The van der Waals surface area contributed by atoms with Crippen LogP contribution in [0.4, 0.5) is 0 Å². The van der Waals surface area contributed by atoms with E-state index in [0.717, 1.165) is 37.9 Å². The Morgan fingerprint density at radius 1 is 1.40 bits per heavy atom. The van der Waals surface area contributed by atoms with Gasteiger partial charge in [0, 0.05) is 23.8 Å². The van der Waals surface area contributed by atoms with Crippen molar-refractivity contribution in [3.63, 3.8) is 0 Å². The Kier molecular flexibility index (Phi) is 5.41. The van der Waals surface area contributed by atoms with Gasteiger partial charge < -0.3 is 4.90 Å². The van der Waals surface area contributed by atoms with Gasteiger partial charge in [0.1, 0.15) is 5.15 Å². The molecule has 1 fully saturated rings. The molecule has 2 heterocycles. The number of halogens is 1. The maximum atomic E-state index is 12.7. The van der Waals surface area contributed by atoms with Gasteiger partial charge in [0.05, 0.1) is 0 Å². The summed E-state index contributed by atoms with van der Waals surface area (Å²) in [6.45, 7) is 5.09. The molecular formula is C16H23ClN2O. The van der Waals surface area contributed by atoms with E-state index in [2.05, 4.69) is 18.8 Å².